The Labute approximate surface area is 228 Å². The number of carbonyl (C=O) groups is 5. The first-order valence-electron chi connectivity index (χ1n) is 13.0. The molecule has 17 nitrogen and oxygen atoms in total. The number of piperazine rings is 4. The van der Waals surface area contributed by atoms with Gasteiger partial charge in [0.15, 0.2) is 0 Å². The molecule has 11 N–H and O–H groups in total. The fourth-order valence-electron chi connectivity index (χ4n) is 2.97. The van der Waals surface area contributed by atoms with Gasteiger partial charge in [0.25, 0.3) is 0 Å². The zero-order chi connectivity index (χ0) is 28.4. The molecule has 0 unspecified atom stereocenters. The van der Waals surface area contributed by atoms with E-state index in [2.05, 4.69) is 63.5 Å². The van der Waals surface area contributed by atoms with Crippen molar-refractivity contribution < 1.29 is 24.0 Å². The zero-order valence-corrected chi connectivity index (χ0v) is 22.4. The van der Waals surface area contributed by atoms with Crippen LogP contribution in [0.1, 0.15) is 0 Å². The van der Waals surface area contributed by atoms with Gasteiger partial charge in [-0.1, -0.05) is 0 Å². The number of carbonyl (C=O) groups excluding carboxylic acids is 5. The molecule has 6 aliphatic rings. The van der Waals surface area contributed by atoms with Crippen molar-refractivity contribution in [3.8, 4) is 0 Å². The van der Waals surface area contributed by atoms with E-state index in [0.29, 0.717) is 26.3 Å². The van der Waals surface area contributed by atoms with E-state index in [9.17, 15) is 24.0 Å². The van der Waals surface area contributed by atoms with Crippen LogP contribution in [0.3, 0.4) is 0 Å². The first-order valence-corrected chi connectivity index (χ1v) is 13.0. The Morgan fingerprint density at radius 3 is 1.10 bits per heavy atom. The molecule has 0 aromatic carbocycles. The Morgan fingerprint density at radius 1 is 0.462 bits per heavy atom. The summed E-state index contributed by atoms with van der Waals surface area (Å²) in [5.41, 5.74) is 0. The summed E-state index contributed by atoms with van der Waals surface area (Å²) in [6, 6.07) is 0. The van der Waals surface area contributed by atoms with Gasteiger partial charge in [-0.25, -0.2) is 0 Å². The van der Waals surface area contributed by atoms with E-state index in [0.717, 1.165) is 65.6 Å². The standard InChI is InChI=1S/C4H6N2O2.2C4H8N2O.C4H10N2.C3H6N2O.C3H6N2/c7-3-1-5-2-4(8)6-3;2*7-4-3-5-1-2-6-4;1-2-6-4-3-5-1;6-3-1-4-2-5-3;1-2-5-3-4-1/h5H,1-2H2,(H,6,7,8);2*5H,1-3H2,(H,6,7);5-6H,1-4H2;4H,1-2H2,(H,5,6);1,5H,2-3H2. The van der Waals surface area contributed by atoms with Gasteiger partial charge in [-0.3, -0.25) is 50.2 Å². The van der Waals surface area contributed by atoms with Crippen molar-refractivity contribution in [1.29, 1.82) is 0 Å². The monoisotopic (exact) mass is 556 g/mol. The summed E-state index contributed by atoms with van der Waals surface area (Å²) in [6.07, 6.45) is 1.88. The number of imide groups is 1. The molecule has 0 aromatic rings. The van der Waals surface area contributed by atoms with E-state index in [1.54, 1.807) is 0 Å². The minimum Gasteiger partial charge on any atom is -0.354 e. The van der Waals surface area contributed by atoms with Crippen LogP contribution in [-0.2, 0) is 24.0 Å². The Morgan fingerprint density at radius 2 is 0.923 bits per heavy atom. The molecular weight excluding hydrogens is 512 g/mol. The maximum atomic E-state index is 10.3. The quantitative estimate of drug-likeness (QED) is 0.125. The van der Waals surface area contributed by atoms with Crippen molar-refractivity contribution in [2.75, 3.05) is 105 Å². The smallest absolute Gasteiger partial charge is 0.240 e. The number of nitrogens with one attached hydrogen (secondary N) is 11. The van der Waals surface area contributed by atoms with Crippen molar-refractivity contribution in [2.24, 2.45) is 4.99 Å². The first-order chi connectivity index (χ1) is 19.0. The van der Waals surface area contributed by atoms with E-state index in [-0.39, 0.29) is 42.6 Å². The molecule has 0 bridgehead atoms. The summed E-state index contributed by atoms with van der Waals surface area (Å²) < 4.78 is 0. The van der Waals surface area contributed by atoms with E-state index in [1.165, 1.54) is 0 Å². The van der Waals surface area contributed by atoms with Gasteiger partial charge >= 0.3 is 0 Å². The molecule has 222 valence electrons. The maximum absolute atomic E-state index is 10.3. The lowest BCUT2D eigenvalue weighted by molar-refractivity contribution is -0.132. The largest absolute Gasteiger partial charge is 0.354 e. The summed E-state index contributed by atoms with van der Waals surface area (Å²) in [6.45, 7) is 12.3. The highest BCUT2D eigenvalue weighted by Crippen LogP contribution is 1.73. The number of rotatable bonds is 0. The lowest BCUT2D eigenvalue weighted by Crippen LogP contribution is -2.48. The van der Waals surface area contributed by atoms with Gasteiger partial charge in [0.05, 0.1) is 46.1 Å². The minimum absolute atomic E-state index is 0.0926. The third kappa shape index (κ3) is 22.6. The van der Waals surface area contributed by atoms with Gasteiger partial charge in [0.1, 0.15) is 0 Å². The first kappa shape index (κ1) is 34.0. The van der Waals surface area contributed by atoms with Gasteiger partial charge in [0, 0.05) is 65.1 Å². The molecule has 17 heteroatoms. The van der Waals surface area contributed by atoms with Crippen LogP contribution < -0.4 is 58.5 Å². The number of nitrogens with zero attached hydrogens (tertiary/aromatic N) is 1. The molecule has 0 saturated carbocycles. The normalized spacial score (nSPS) is 21.5. The van der Waals surface area contributed by atoms with Crippen molar-refractivity contribution in [1.82, 2.24) is 58.5 Å². The molecular formula is C22H44N12O5. The van der Waals surface area contributed by atoms with E-state index < -0.39 is 0 Å². The molecule has 0 radical (unpaired) electrons. The lowest BCUT2D eigenvalue weighted by atomic mass is 10.4. The molecule has 5 amide bonds. The van der Waals surface area contributed by atoms with Crippen LogP contribution in [0.4, 0.5) is 0 Å². The van der Waals surface area contributed by atoms with Gasteiger partial charge in [-0.05, 0) is 0 Å². The summed E-state index contributed by atoms with van der Waals surface area (Å²) in [5.74, 6) is -0.199. The van der Waals surface area contributed by atoms with Crippen molar-refractivity contribution in [2.45, 2.75) is 0 Å². The van der Waals surface area contributed by atoms with Crippen LogP contribution in [0.15, 0.2) is 4.99 Å². The van der Waals surface area contributed by atoms with Gasteiger partial charge in [-0.15, -0.1) is 0 Å². The molecule has 0 spiro atoms. The van der Waals surface area contributed by atoms with Crippen molar-refractivity contribution in [3.05, 3.63) is 0 Å². The Bertz CT molecular complexity index is 686. The highest BCUT2D eigenvalue weighted by molar-refractivity contribution is 5.99. The molecule has 5 fully saturated rings. The second kappa shape index (κ2) is 24.0. The maximum Gasteiger partial charge on any atom is 0.240 e. The highest BCUT2D eigenvalue weighted by atomic mass is 16.2. The second-order valence-corrected chi connectivity index (χ2v) is 8.31. The SMILES string of the molecule is C1=NCNC1.C1CNCCN1.O=C1CNCC(=O)N1.O=C1CNCCN1.O=C1CNCCN1.O=C1CNCN1. The molecule has 5 saturated heterocycles. The third-order valence-corrected chi connectivity index (χ3v) is 4.89. The summed E-state index contributed by atoms with van der Waals surface area (Å²) >= 11 is 0. The number of aliphatic imine (C=N–C) groups is 1. The predicted octanol–water partition coefficient (Wildman–Crippen LogP) is -6.90. The fraction of sp³-hybridized carbons (Fsp3) is 0.727. The minimum atomic E-state index is -0.249. The van der Waals surface area contributed by atoms with Crippen LogP contribution in [-0.4, -0.2) is 141 Å². The Balaban J connectivity index is 0.000000235. The summed E-state index contributed by atoms with van der Waals surface area (Å²) in [7, 11) is 0. The van der Waals surface area contributed by atoms with Crippen LogP contribution >= 0.6 is 0 Å². The zero-order valence-electron chi connectivity index (χ0n) is 22.4. The summed E-state index contributed by atoms with van der Waals surface area (Å²) in [5, 5.41) is 30.8. The molecule has 6 heterocycles. The number of hydrogen-bond acceptors (Lipinski definition) is 13. The molecule has 0 aromatic heterocycles. The average molecular weight is 557 g/mol. The van der Waals surface area contributed by atoms with E-state index in [1.807, 2.05) is 6.21 Å². The molecule has 0 aliphatic carbocycles. The van der Waals surface area contributed by atoms with Crippen LogP contribution in [0.5, 0.6) is 0 Å². The van der Waals surface area contributed by atoms with Gasteiger partial charge in [-0.2, -0.15) is 0 Å². The van der Waals surface area contributed by atoms with E-state index in [4.69, 9.17) is 0 Å². The van der Waals surface area contributed by atoms with E-state index >= 15 is 0 Å². The Hall–Kier alpha value is -3.06. The van der Waals surface area contributed by atoms with Gasteiger partial charge < -0.3 is 37.2 Å². The Kier molecular flexibility index (Phi) is 20.9. The van der Waals surface area contributed by atoms with Crippen LogP contribution in [0.2, 0.25) is 0 Å². The van der Waals surface area contributed by atoms with Crippen molar-refractivity contribution >= 4 is 35.8 Å². The summed E-state index contributed by atoms with van der Waals surface area (Å²) in [4.78, 5) is 55.1. The topological polar surface area (TPSA) is 230 Å². The highest BCUT2D eigenvalue weighted by Gasteiger charge is 2.12. The molecule has 6 rings (SSSR count). The van der Waals surface area contributed by atoms with Gasteiger partial charge in [0.2, 0.25) is 29.5 Å². The third-order valence-electron chi connectivity index (χ3n) is 4.89. The lowest BCUT2D eigenvalue weighted by Gasteiger charge is -2.11. The van der Waals surface area contributed by atoms with Crippen molar-refractivity contribution in [3.63, 3.8) is 0 Å². The van der Waals surface area contributed by atoms with Crippen LogP contribution in [0, 0.1) is 0 Å². The average Bonchev–Trinajstić information content (AvgIpc) is 3.70. The number of amides is 5. The molecule has 0 atom stereocenters. The van der Waals surface area contributed by atoms with Crippen LogP contribution in [0.25, 0.3) is 0 Å². The fourth-order valence-corrected chi connectivity index (χ4v) is 2.97. The second-order valence-electron chi connectivity index (χ2n) is 8.31. The molecule has 6 aliphatic heterocycles. The molecule has 39 heavy (non-hydrogen) atoms. The predicted molar refractivity (Wildman–Crippen MR) is 146 cm³/mol. The number of hydrogen-bond donors (Lipinski definition) is 11.